The van der Waals surface area contributed by atoms with Gasteiger partial charge in [0.1, 0.15) is 5.75 Å². The molecule has 150 valence electrons. The molecule has 2 N–H and O–H groups in total. The summed E-state index contributed by atoms with van der Waals surface area (Å²) < 4.78 is 10.7. The topological polar surface area (TPSA) is 67.8 Å². The van der Waals surface area contributed by atoms with Crippen molar-refractivity contribution in [2.75, 3.05) is 26.9 Å². The predicted molar refractivity (Wildman–Crippen MR) is 109 cm³/mol. The Bertz CT molecular complexity index is 764. The highest BCUT2D eigenvalue weighted by Crippen LogP contribution is 2.36. The summed E-state index contributed by atoms with van der Waals surface area (Å²) in [5.74, 6) is 0.697. The maximum atomic E-state index is 13.2. The zero-order valence-electron chi connectivity index (χ0n) is 16.6. The van der Waals surface area contributed by atoms with Crippen LogP contribution in [0.25, 0.3) is 0 Å². The minimum atomic E-state index is -0.734. The summed E-state index contributed by atoms with van der Waals surface area (Å²) in [5, 5.41) is 13.5. The number of aliphatic hydroxyl groups excluding tert-OH is 1. The van der Waals surface area contributed by atoms with Crippen LogP contribution in [0.1, 0.15) is 42.6 Å². The molecule has 5 heteroatoms. The van der Waals surface area contributed by atoms with Crippen LogP contribution < -0.4 is 10.1 Å². The average molecular weight is 383 g/mol. The first-order valence-electron chi connectivity index (χ1n) is 9.86. The Hall–Kier alpha value is -2.37. The van der Waals surface area contributed by atoms with Crippen LogP contribution in [0.2, 0.25) is 0 Å². The molecule has 0 spiro atoms. The minimum absolute atomic E-state index is 0.0646. The number of benzene rings is 2. The Labute approximate surface area is 166 Å². The van der Waals surface area contributed by atoms with Gasteiger partial charge in [0.05, 0.1) is 18.6 Å². The second-order valence-electron chi connectivity index (χ2n) is 7.24. The van der Waals surface area contributed by atoms with Crippen molar-refractivity contribution in [1.29, 1.82) is 0 Å². The number of hydrogen-bond donors (Lipinski definition) is 2. The molecule has 2 aromatic carbocycles. The molecule has 0 bridgehead atoms. The Morgan fingerprint density at radius 1 is 1.14 bits per heavy atom. The van der Waals surface area contributed by atoms with E-state index in [1.807, 2.05) is 48.5 Å². The van der Waals surface area contributed by atoms with Crippen molar-refractivity contribution in [2.45, 2.75) is 37.7 Å². The van der Waals surface area contributed by atoms with Crippen LogP contribution in [0, 0.1) is 0 Å². The monoisotopic (exact) mass is 383 g/mol. The Morgan fingerprint density at radius 3 is 2.36 bits per heavy atom. The van der Waals surface area contributed by atoms with Gasteiger partial charge in [0.2, 0.25) is 5.91 Å². The molecule has 1 saturated heterocycles. The van der Waals surface area contributed by atoms with E-state index in [1.54, 1.807) is 7.11 Å². The number of carbonyl (C=O) groups excluding carboxylic acids is 1. The van der Waals surface area contributed by atoms with Crippen LogP contribution in [0.4, 0.5) is 0 Å². The van der Waals surface area contributed by atoms with Crippen molar-refractivity contribution in [2.24, 2.45) is 0 Å². The number of aryl methyl sites for hydroxylation is 1. The Balaban J connectivity index is 1.72. The number of hydrogen-bond acceptors (Lipinski definition) is 4. The summed E-state index contributed by atoms with van der Waals surface area (Å²) in [4.78, 5) is 13.2. The fourth-order valence-electron chi connectivity index (χ4n) is 3.73. The van der Waals surface area contributed by atoms with E-state index in [0.717, 1.165) is 23.3 Å². The predicted octanol–water partition coefficient (Wildman–Crippen LogP) is 3.16. The third-order valence-corrected chi connectivity index (χ3v) is 5.65. The van der Waals surface area contributed by atoms with Crippen LogP contribution in [0.15, 0.2) is 48.5 Å². The van der Waals surface area contributed by atoms with Gasteiger partial charge < -0.3 is 19.9 Å². The molecule has 1 aliphatic heterocycles. The van der Waals surface area contributed by atoms with Crippen LogP contribution in [0.5, 0.6) is 5.75 Å². The van der Waals surface area contributed by atoms with E-state index < -0.39 is 11.5 Å². The highest BCUT2D eigenvalue weighted by molar-refractivity contribution is 5.88. The summed E-state index contributed by atoms with van der Waals surface area (Å²) in [5.41, 5.74) is 2.34. The third kappa shape index (κ3) is 4.37. The number of carbonyl (C=O) groups is 1. The molecule has 5 nitrogen and oxygen atoms in total. The van der Waals surface area contributed by atoms with Gasteiger partial charge in [-0.3, -0.25) is 4.79 Å². The van der Waals surface area contributed by atoms with Crippen molar-refractivity contribution in [3.05, 3.63) is 65.2 Å². The number of ether oxygens (including phenoxy) is 2. The summed E-state index contributed by atoms with van der Waals surface area (Å²) in [6.07, 6.45) is 1.46. The smallest absolute Gasteiger partial charge is 0.230 e. The first-order valence-corrected chi connectivity index (χ1v) is 9.86. The fourth-order valence-corrected chi connectivity index (χ4v) is 3.73. The van der Waals surface area contributed by atoms with Crippen molar-refractivity contribution in [3.8, 4) is 5.75 Å². The molecule has 1 unspecified atom stereocenters. The summed E-state index contributed by atoms with van der Waals surface area (Å²) in [7, 11) is 1.63. The molecule has 0 saturated carbocycles. The van der Waals surface area contributed by atoms with Crippen LogP contribution in [-0.4, -0.2) is 37.9 Å². The van der Waals surface area contributed by atoms with E-state index in [0.29, 0.717) is 26.1 Å². The van der Waals surface area contributed by atoms with Gasteiger partial charge in [0.15, 0.2) is 0 Å². The van der Waals surface area contributed by atoms with E-state index in [-0.39, 0.29) is 12.5 Å². The summed E-state index contributed by atoms with van der Waals surface area (Å²) in [6, 6.07) is 15.5. The molecule has 1 fully saturated rings. The fraction of sp³-hybridized carbons (Fsp3) is 0.435. The van der Waals surface area contributed by atoms with Gasteiger partial charge in [-0.2, -0.15) is 0 Å². The maximum Gasteiger partial charge on any atom is 0.230 e. The number of amides is 1. The van der Waals surface area contributed by atoms with E-state index in [2.05, 4.69) is 12.2 Å². The van der Waals surface area contributed by atoms with E-state index in [4.69, 9.17) is 9.47 Å². The third-order valence-electron chi connectivity index (χ3n) is 5.65. The van der Waals surface area contributed by atoms with Crippen LogP contribution >= 0.6 is 0 Å². The van der Waals surface area contributed by atoms with Crippen molar-refractivity contribution in [1.82, 2.24) is 5.32 Å². The minimum Gasteiger partial charge on any atom is -0.497 e. The summed E-state index contributed by atoms with van der Waals surface area (Å²) >= 11 is 0. The second-order valence-corrected chi connectivity index (χ2v) is 7.24. The first kappa shape index (κ1) is 20.4. The average Bonchev–Trinajstić information content (AvgIpc) is 2.77. The molecular weight excluding hydrogens is 354 g/mol. The van der Waals surface area contributed by atoms with Gasteiger partial charge >= 0.3 is 0 Å². The van der Waals surface area contributed by atoms with Gasteiger partial charge in [-0.05, 0) is 48.1 Å². The van der Waals surface area contributed by atoms with Gasteiger partial charge in [0, 0.05) is 19.8 Å². The molecular formula is C23H29NO4. The Morgan fingerprint density at radius 2 is 1.79 bits per heavy atom. The molecule has 2 aromatic rings. The molecule has 1 amide bonds. The van der Waals surface area contributed by atoms with E-state index >= 15 is 0 Å². The highest BCUT2D eigenvalue weighted by atomic mass is 16.5. The van der Waals surface area contributed by atoms with Gasteiger partial charge in [-0.1, -0.05) is 43.3 Å². The molecule has 0 radical (unpaired) electrons. The van der Waals surface area contributed by atoms with E-state index in [1.165, 1.54) is 5.56 Å². The Kier molecular flexibility index (Phi) is 6.70. The molecule has 1 atom stereocenters. The zero-order chi connectivity index (χ0) is 20.0. The lowest BCUT2D eigenvalue weighted by Crippen LogP contribution is -2.48. The SMILES string of the molecule is CCc1ccc(C(O)CNC(=O)C2(c3ccc(OC)cc3)CCOCC2)cc1. The number of rotatable bonds is 7. The number of methoxy groups -OCH3 is 1. The van der Waals surface area contributed by atoms with Gasteiger partial charge in [0.25, 0.3) is 0 Å². The van der Waals surface area contributed by atoms with E-state index in [9.17, 15) is 9.90 Å². The van der Waals surface area contributed by atoms with Gasteiger partial charge in [-0.15, -0.1) is 0 Å². The lowest BCUT2D eigenvalue weighted by Gasteiger charge is -2.36. The van der Waals surface area contributed by atoms with Crippen LogP contribution in [-0.2, 0) is 21.4 Å². The number of nitrogens with one attached hydrogen (secondary N) is 1. The molecule has 28 heavy (non-hydrogen) atoms. The quantitative estimate of drug-likeness (QED) is 0.771. The molecule has 1 aliphatic rings. The molecule has 3 rings (SSSR count). The second kappa shape index (κ2) is 9.22. The molecule has 0 aromatic heterocycles. The van der Waals surface area contributed by atoms with Gasteiger partial charge in [-0.25, -0.2) is 0 Å². The maximum absolute atomic E-state index is 13.2. The van der Waals surface area contributed by atoms with Crippen LogP contribution in [0.3, 0.4) is 0 Å². The molecule has 0 aliphatic carbocycles. The first-order chi connectivity index (χ1) is 13.6. The lowest BCUT2D eigenvalue weighted by atomic mass is 9.73. The van der Waals surface area contributed by atoms with Crippen molar-refractivity contribution >= 4 is 5.91 Å². The lowest BCUT2D eigenvalue weighted by molar-refractivity contribution is -0.131. The normalized spacial score (nSPS) is 17.0. The van der Waals surface area contributed by atoms with Crippen molar-refractivity contribution in [3.63, 3.8) is 0 Å². The molecule has 1 heterocycles. The largest absolute Gasteiger partial charge is 0.497 e. The van der Waals surface area contributed by atoms with Crippen molar-refractivity contribution < 1.29 is 19.4 Å². The number of aliphatic hydroxyl groups is 1. The summed E-state index contributed by atoms with van der Waals surface area (Å²) in [6.45, 7) is 3.36. The highest BCUT2D eigenvalue weighted by Gasteiger charge is 2.41. The zero-order valence-corrected chi connectivity index (χ0v) is 16.6. The standard InChI is InChI=1S/C23H29NO4/c1-3-17-4-6-18(7-5-17)21(25)16-24-22(26)23(12-14-28-15-13-23)19-8-10-20(27-2)11-9-19/h4-11,21,25H,3,12-16H2,1-2H3,(H,24,26).